The van der Waals surface area contributed by atoms with E-state index in [2.05, 4.69) is 4.72 Å². The number of hydrogen-bond acceptors (Lipinski definition) is 4. The van der Waals surface area contributed by atoms with Gasteiger partial charge in [-0.1, -0.05) is 12.1 Å². The smallest absolute Gasteiger partial charge is 0.216 e. The van der Waals surface area contributed by atoms with E-state index in [1.165, 1.54) is 4.88 Å². The molecule has 0 unspecified atom stereocenters. The van der Waals surface area contributed by atoms with Gasteiger partial charge in [0.1, 0.15) is 0 Å². The van der Waals surface area contributed by atoms with Crippen molar-refractivity contribution in [1.29, 1.82) is 0 Å². The third-order valence-corrected chi connectivity index (χ3v) is 4.90. The van der Waals surface area contributed by atoms with Gasteiger partial charge in [0.25, 0.3) is 0 Å². The predicted molar refractivity (Wildman–Crippen MR) is 79.4 cm³/mol. The first-order valence-corrected chi connectivity index (χ1v) is 8.28. The molecule has 3 N–H and O–H groups in total. The highest BCUT2D eigenvalue weighted by molar-refractivity contribution is 7.88. The number of thiophene rings is 1. The fourth-order valence-corrected chi connectivity index (χ4v) is 3.68. The summed E-state index contributed by atoms with van der Waals surface area (Å²) in [5, 5.41) is 0. The molecule has 0 bridgehead atoms. The van der Waals surface area contributed by atoms with Crippen molar-refractivity contribution in [2.24, 2.45) is 0 Å². The lowest BCUT2D eigenvalue weighted by Gasteiger charge is -2.06. The van der Waals surface area contributed by atoms with E-state index in [0.29, 0.717) is 12.2 Å². The molecule has 4 nitrogen and oxygen atoms in total. The van der Waals surface area contributed by atoms with Gasteiger partial charge in [-0.3, -0.25) is 0 Å². The number of nitrogens with one attached hydrogen (secondary N) is 1. The van der Waals surface area contributed by atoms with Crippen LogP contribution >= 0.6 is 11.3 Å². The Balaban J connectivity index is 1.97. The van der Waals surface area contributed by atoms with Crippen LogP contribution in [0.25, 0.3) is 0 Å². The Morgan fingerprint density at radius 3 is 2.42 bits per heavy atom. The van der Waals surface area contributed by atoms with Crippen molar-refractivity contribution in [2.45, 2.75) is 19.2 Å². The number of nitrogen functional groups attached to an aromatic ring is 1. The summed E-state index contributed by atoms with van der Waals surface area (Å²) in [7, 11) is -3.32. The van der Waals surface area contributed by atoms with Crippen LogP contribution in [0.5, 0.6) is 0 Å². The zero-order valence-electron chi connectivity index (χ0n) is 10.6. The molecule has 1 aromatic carbocycles. The van der Waals surface area contributed by atoms with Gasteiger partial charge < -0.3 is 5.73 Å². The van der Waals surface area contributed by atoms with Crippen LogP contribution < -0.4 is 10.5 Å². The molecule has 0 atom stereocenters. The van der Waals surface area contributed by atoms with Gasteiger partial charge in [0.05, 0.1) is 5.75 Å². The van der Waals surface area contributed by atoms with E-state index in [-0.39, 0.29) is 5.75 Å². The zero-order valence-corrected chi connectivity index (χ0v) is 12.2. The number of aryl methyl sites for hydroxylation is 1. The molecule has 0 aliphatic heterocycles. The normalized spacial score (nSPS) is 11.6. The van der Waals surface area contributed by atoms with Crippen molar-refractivity contribution in [3.05, 3.63) is 51.7 Å². The van der Waals surface area contributed by atoms with E-state index in [4.69, 9.17) is 5.73 Å². The highest BCUT2D eigenvalue weighted by Gasteiger charge is 2.11. The van der Waals surface area contributed by atoms with Crippen molar-refractivity contribution in [1.82, 2.24) is 4.72 Å². The second-order valence-corrected chi connectivity index (χ2v) is 7.51. The lowest BCUT2D eigenvalue weighted by molar-refractivity contribution is 0.581. The van der Waals surface area contributed by atoms with Gasteiger partial charge in [-0.15, -0.1) is 11.3 Å². The standard InChI is InChI=1S/C13H16N2O2S2/c1-10-2-7-13(18-10)8-15-19(16,17)9-11-3-5-12(14)6-4-11/h2-7,15H,8-9,14H2,1H3. The molecule has 0 saturated carbocycles. The minimum atomic E-state index is -3.32. The minimum Gasteiger partial charge on any atom is -0.399 e. The zero-order chi connectivity index (χ0) is 13.9. The van der Waals surface area contributed by atoms with Crippen LogP contribution in [0.3, 0.4) is 0 Å². The highest BCUT2D eigenvalue weighted by atomic mass is 32.2. The fraction of sp³-hybridized carbons (Fsp3) is 0.231. The third-order valence-electron chi connectivity index (χ3n) is 2.60. The van der Waals surface area contributed by atoms with Gasteiger partial charge in [-0.2, -0.15) is 0 Å². The molecule has 0 spiro atoms. The molecule has 2 rings (SSSR count). The molecular weight excluding hydrogens is 280 g/mol. The number of nitrogens with two attached hydrogens (primary N) is 1. The van der Waals surface area contributed by atoms with Crippen molar-refractivity contribution in [2.75, 3.05) is 5.73 Å². The summed E-state index contributed by atoms with van der Waals surface area (Å²) in [5.41, 5.74) is 6.92. The Morgan fingerprint density at radius 1 is 1.16 bits per heavy atom. The summed E-state index contributed by atoms with van der Waals surface area (Å²) in [5.74, 6) is -0.0301. The first-order chi connectivity index (χ1) is 8.94. The van der Waals surface area contributed by atoms with Crippen LogP contribution in [0.15, 0.2) is 36.4 Å². The van der Waals surface area contributed by atoms with E-state index in [0.717, 1.165) is 10.4 Å². The predicted octanol–water partition coefficient (Wildman–Crippen LogP) is 2.26. The van der Waals surface area contributed by atoms with Gasteiger partial charge in [-0.05, 0) is 36.8 Å². The monoisotopic (exact) mass is 296 g/mol. The summed E-state index contributed by atoms with van der Waals surface area (Å²) in [6.45, 7) is 2.34. The Labute approximate surface area is 117 Å². The number of hydrogen-bond donors (Lipinski definition) is 2. The van der Waals surface area contributed by atoms with Crippen LogP contribution in [0.2, 0.25) is 0 Å². The molecule has 0 radical (unpaired) electrons. The van der Waals surface area contributed by atoms with Gasteiger partial charge >= 0.3 is 0 Å². The van der Waals surface area contributed by atoms with Crippen molar-refractivity contribution in [3.8, 4) is 0 Å². The second kappa shape index (κ2) is 5.73. The van der Waals surface area contributed by atoms with E-state index in [9.17, 15) is 8.42 Å². The Hall–Kier alpha value is -1.37. The lowest BCUT2D eigenvalue weighted by Crippen LogP contribution is -2.24. The molecule has 1 aromatic heterocycles. The molecule has 6 heteroatoms. The maximum Gasteiger partial charge on any atom is 0.216 e. The van der Waals surface area contributed by atoms with Crippen LogP contribution in [0, 0.1) is 6.92 Å². The summed E-state index contributed by atoms with van der Waals surface area (Å²) in [6.07, 6.45) is 0. The number of anilines is 1. The molecule has 1 heterocycles. The summed E-state index contributed by atoms with van der Waals surface area (Å²) in [4.78, 5) is 2.19. The van der Waals surface area contributed by atoms with Crippen LogP contribution in [-0.2, 0) is 22.3 Å². The van der Waals surface area contributed by atoms with Gasteiger partial charge in [0.2, 0.25) is 10.0 Å². The quantitative estimate of drug-likeness (QED) is 0.831. The van der Waals surface area contributed by atoms with E-state index >= 15 is 0 Å². The Kier molecular flexibility index (Phi) is 4.24. The van der Waals surface area contributed by atoms with Crippen LogP contribution in [-0.4, -0.2) is 8.42 Å². The third kappa shape index (κ3) is 4.34. The number of rotatable bonds is 5. The van der Waals surface area contributed by atoms with Crippen molar-refractivity contribution >= 4 is 27.0 Å². The fourth-order valence-electron chi connectivity index (χ4n) is 1.65. The van der Waals surface area contributed by atoms with Crippen molar-refractivity contribution < 1.29 is 8.42 Å². The first kappa shape index (κ1) is 14.0. The molecule has 0 saturated heterocycles. The van der Waals surface area contributed by atoms with Gasteiger partial charge in [0, 0.05) is 22.0 Å². The molecular formula is C13H16N2O2S2. The van der Waals surface area contributed by atoms with Crippen LogP contribution in [0.4, 0.5) is 5.69 Å². The van der Waals surface area contributed by atoms with E-state index in [1.807, 2.05) is 19.1 Å². The molecule has 0 amide bonds. The Bertz CT molecular complexity index is 646. The molecule has 102 valence electrons. The molecule has 0 fully saturated rings. The Morgan fingerprint density at radius 2 is 1.84 bits per heavy atom. The van der Waals surface area contributed by atoms with E-state index < -0.39 is 10.0 Å². The molecule has 0 aliphatic rings. The lowest BCUT2D eigenvalue weighted by atomic mass is 10.2. The number of sulfonamides is 1. The topological polar surface area (TPSA) is 72.2 Å². The number of benzene rings is 1. The maximum atomic E-state index is 11.9. The summed E-state index contributed by atoms with van der Waals surface area (Å²) in [6, 6.07) is 10.8. The van der Waals surface area contributed by atoms with E-state index in [1.54, 1.807) is 35.6 Å². The summed E-state index contributed by atoms with van der Waals surface area (Å²) < 4.78 is 26.5. The van der Waals surface area contributed by atoms with Crippen LogP contribution in [0.1, 0.15) is 15.3 Å². The second-order valence-electron chi connectivity index (χ2n) is 4.33. The first-order valence-electron chi connectivity index (χ1n) is 5.82. The molecule has 0 aliphatic carbocycles. The SMILES string of the molecule is Cc1ccc(CNS(=O)(=O)Cc2ccc(N)cc2)s1. The minimum absolute atomic E-state index is 0.0301. The van der Waals surface area contributed by atoms with Gasteiger partial charge in [-0.25, -0.2) is 13.1 Å². The highest BCUT2D eigenvalue weighted by Crippen LogP contribution is 2.15. The molecule has 2 aromatic rings. The average Bonchev–Trinajstić information content (AvgIpc) is 2.76. The average molecular weight is 296 g/mol. The summed E-state index contributed by atoms with van der Waals surface area (Å²) >= 11 is 1.59. The van der Waals surface area contributed by atoms with Crippen molar-refractivity contribution in [3.63, 3.8) is 0 Å². The largest absolute Gasteiger partial charge is 0.399 e. The maximum absolute atomic E-state index is 11.9. The van der Waals surface area contributed by atoms with Gasteiger partial charge in [0.15, 0.2) is 0 Å². The molecule has 19 heavy (non-hydrogen) atoms.